The van der Waals surface area contributed by atoms with E-state index in [0.29, 0.717) is 16.6 Å². The van der Waals surface area contributed by atoms with E-state index in [2.05, 4.69) is 48.5 Å². The Hall–Kier alpha value is -1.81. The van der Waals surface area contributed by atoms with Gasteiger partial charge in [0, 0.05) is 7.05 Å². The normalized spacial score (nSPS) is 12.5. The molecule has 0 aliphatic carbocycles. The van der Waals surface area contributed by atoms with Gasteiger partial charge in [0.15, 0.2) is 0 Å². The summed E-state index contributed by atoms with van der Waals surface area (Å²) < 4.78 is 1.49. The lowest BCUT2D eigenvalue weighted by molar-refractivity contribution is 0.0926. The fraction of sp³-hybridized carbons (Fsp3) is 0.412. The number of rotatable bonds is 5. The minimum absolute atomic E-state index is 0.0420. The number of benzene rings is 1. The van der Waals surface area contributed by atoms with Crippen LogP contribution in [0.1, 0.15) is 60.8 Å². The summed E-state index contributed by atoms with van der Waals surface area (Å²) >= 11 is 6.02. The molecule has 1 heterocycles. The summed E-state index contributed by atoms with van der Waals surface area (Å²) in [5.41, 5.74) is 2.78. The van der Waals surface area contributed by atoms with E-state index >= 15 is 0 Å². The molecule has 1 aromatic carbocycles. The van der Waals surface area contributed by atoms with Crippen molar-refractivity contribution in [1.82, 2.24) is 15.1 Å². The van der Waals surface area contributed by atoms with Crippen LogP contribution in [0.25, 0.3) is 0 Å². The Morgan fingerprint density at radius 3 is 2.32 bits per heavy atom. The number of halogens is 1. The van der Waals surface area contributed by atoms with Gasteiger partial charge in [-0.2, -0.15) is 5.10 Å². The number of aryl methyl sites for hydroxylation is 1. The molecule has 22 heavy (non-hydrogen) atoms. The minimum Gasteiger partial charge on any atom is -0.344 e. The molecule has 0 aliphatic rings. The van der Waals surface area contributed by atoms with Crippen LogP contribution < -0.4 is 5.32 Å². The van der Waals surface area contributed by atoms with Gasteiger partial charge in [-0.3, -0.25) is 9.48 Å². The molecule has 118 valence electrons. The molecule has 1 N–H and O–H groups in total. The van der Waals surface area contributed by atoms with Crippen LogP contribution in [0.15, 0.2) is 30.5 Å². The highest BCUT2D eigenvalue weighted by molar-refractivity contribution is 6.33. The maximum Gasteiger partial charge on any atom is 0.271 e. The van der Waals surface area contributed by atoms with Crippen molar-refractivity contribution >= 4 is 17.5 Å². The number of carbonyl (C=O) groups excluding carboxylic acids is 1. The third-order valence-electron chi connectivity index (χ3n) is 3.83. The van der Waals surface area contributed by atoms with Gasteiger partial charge in [0.25, 0.3) is 5.91 Å². The Bertz CT molecular complexity index is 627. The summed E-state index contributed by atoms with van der Waals surface area (Å²) in [5.74, 6) is 0.293. The van der Waals surface area contributed by atoms with Gasteiger partial charge in [0.05, 0.1) is 17.3 Å². The Balaban J connectivity index is 2.17. The van der Waals surface area contributed by atoms with E-state index in [9.17, 15) is 4.79 Å². The van der Waals surface area contributed by atoms with Crippen molar-refractivity contribution in [1.29, 1.82) is 0 Å². The summed E-state index contributed by atoms with van der Waals surface area (Å²) in [6, 6.07) is 8.35. The summed E-state index contributed by atoms with van der Waals surface area (Å²) in [6.45, 7) is 6.38. The molecule has 0 radical (unpaired) electrons. The maximum absolute atomic E-state index is 12.4. The van der Waals surface area contributed by atoms with E-state index in [1.54, 1.807) is 7.05 Å². The van der Waals surface area contributed by atoms with Gasteiger partial charge in [-0.15, -0.1) is 0 Å². The molecule has 1 aromatic heterocycles. The molecular formula is C17H22ClN3O. The third kappa shape index (κ3) is 3.50. The predicted molar refractivity (Wildman–Crippen MR) is 89.2 cm³/mol. The number of nitrogens with one attached hydrogen (secondary N) is 1. The highest BCUT2D eigenvalue weighted by Gasteiger charge is 2.19. The first-order chi connectivity index (χ1) is 10.4. The zero-order valence-corrected chi connectivity index (χ0v) is 14.2. The maximum atomic E-state index is 12.4. The second-order valence-electron chi connectivity index (χ2n) is 5.72. The largest absolute Gasteiger partial charge is 0.344 e. The van der Waals surface area contributed by atoms with E-state index in [1.165, 1.54) is 16.4 Å². The van der Waals surface area contributed by atoms with Crippen molar-refractivity contribution in [2.24, 2.45) is 7.05 Å². The van der Waals surface area contributed by atoms with Crippen molar-refractivity contribution in [2.75, 3.05) is 0 Å². The van der Waals surface area contributed by atoms with Crippen LogP contribution in [0.5, 0.6) is 0 Å². The highest BCUT2D eigenvalue weighted by Crippen LogP contribution is 2.22. The molecule has 1 amide bonds. The summed E-state index contributed by atoms with van der Waals surface area (Å²) in [4.78, 5) is 12.4. The third-order valence-corrected chi connectivity index (χ3v) is 4.10. The highest BCUT2D eigenvalue weighted by atomic mass is 35.5. The Morgan fingerprint density at radius 1 is 1.27 bits per heavy atom. The van der Waals surface area contributed by atoms with Crippen LogP contribution in [0.4, 0.5) is 0 Å². The lowest BCUT2D eigenvalue weighted by Crippen LogP contribution is -2.30. The van der Waals surface area contributed by atoms with Crippen molar-refractivity contribution in [2.45, 2.75) is 39.2 Å². The molecule has 2 aromatic rings. The van der Waals surface area contributed by atoms with Crippen LogP contribution in [-0.2, 0) is 7.05 Å². The van der Waals surface area contributed by atoms with Gasteiger partial charge >= 0.3 is 0 Å². The lowest BCUT2D eigenvalue weighted by atomic mass is 9.98. The van der Waals surface area contributed by atoms with Gasteiger partial charge < -0.3 is 5.32 Å². The molecule has 2 rings (SSSR count). The summed E-state index contributed by atoms with van der Waals surface area (Å²) in [5, 5.41) is 7.40. The zero-order chi connectivity index (χ0) is 16.3. The summed E-state index contributed by atoms with van der Waals surface area (Å²) in [7, 11) is 1.71. The predicted octanol–water partition coefficient (Wildman–Crippen LogP) is 4.08. The molecule has 1 atom stereocenters. The molecule has 5 heteroatoms. The van der Waals surface area contributed by atoms with Crippen molar-refractivity contribution in [3.05, 3.63) is 52.3 Å². The molecule has 0 spiro atoms. The number of amides is 1. The van der Waals surface area contributed by atoms with Crippen LogP contribution >= 0.6 is 11.6 Å². The average Bonchev–Trinajstić information content (AvgIpc) is 2.84. The van der Waals surface area contributed by atoms with Gasteiger partial charge in [-0.1, -0.05) is 56.6 Å². The van der Waals surface area contributed by atoms with E-state index in [1.807, 2.05) is 6.92 Å². The molecule has 0 saturated carbocycles. The fourth-order valence-corrected chi connectivity index (χ4v) is 2.68. The van der Waals surface area contributed by atoms with Crippen LogP contribution in [0.3, 0.4) is 0 Å². The first kappa shape index (κ1) is 16.6. The number of hydrogen-bond acceptors (Lipinski definition) is 2. The fourth-order valence-electron chi connectivity index (χ4n) is 2.43. The van der Waals surface area contributed by atoms with Gasteiger partial charge in [-0.05, 0) is 23.5 Å². The SMILES string of the molecule is CCC(NC(=O)c1c(Cl)cnn1C)c1ccc(C(C)C)cc1. The second kappa shape index (κ2) is 6.97. The molecule has 0 aliphatic heterocycles. The smallest absolute Gasteiger partial charge is 0.271 e. The minimum atomic E-state index is -0.204. The van der Waals surface area contributed by atoms with E-state index in [4.69, 9.17) is 11.6 Å². The van der Waals surface area contributed by atoms with Gasteiger partial charge in [0.2, 0.25) is 0 Å². The summed E-state index contributed by atoms with van der Waals surface area (Å²) in [6.07, 6.45) is 2.29. The van der Waals surface area contributed by atoms with E-state index < -0.39 is 0 Å². The molecule has 0 saturated heterocycles. The first-order valence-corrected chi connectivity index (χ1v) is 7.90. The molecular weight excluding hydrogens is 298 g/mol. The number of nitrogens with zero attached hydrogens (tertiary/aromatic N) is 2. The topological polar surface area (TPSA) is 46.9 Å². The Labute approximate surface area is 136 Å². The molecule has 0 bridgehead atoms. The standard InChI is InChI=1S/C17H22ClN3O/c1-5-15(13-8-6-12(7-9-13)11(2)3)20-17(22)16-14(18)10-19-21(16)4/h6-11,15H,5H2,1-4H3,(H,20,22). The van der Waals surface area contributed by atoms with Crippen LogP contribution in [0, 0.1) is 0 Å². The molecule has 1 unspecified atom stereocenters. The Morgan fingerprint density at radius 2 is 1.86 bits per heavy atom. The van der Waals surface area contributed by atoms with Gasteiger partial charge in [-0.25, -0.2) is 0 Å². The number of hydrogen-bond donors (Lipinski definition) is 1. The van der Waals surface area contributed by atoms with Crippen molar-refractivity contribution in [3.8, 4) is 0 Å². The number of carbonyl (C=O) groups is 1. The van der Waals surface area contributed by atoms with E-state index in [0.717, 1.165) is 12.0 Å². The quantitative estimate of drug-likeness (QED) is 0.902. The average molecular weight is 320 g/mol. The zero-order valence-electron chi connectivity index (χ0n) is 13.4. The lowest BCUT2D eigenvalue weighted by Gasteiger charge is -2.18. The van der Waals surface area contributed by atoms with E-state index in [-0.39, 0.29) is 11.9 Å². The van der Waals surface area contributed by atoms with Crippen molar-refractivity contribution in [3.63, 3.8) is 0 Å². The monoisotopic (exact) mass is 319 g/mol. The van der Waals surface area contributed by atoms with Crippen LogP contribution in [-0.4, -0.2) is 15.7 Å². The first-order valence-electron chi connectivity index (χ1n) is 7.52. The van der Waals surface area contributed by atoms with Crippen molar-refractivity contribution < 1.29 is 4.79 Å². The molecule has 0 fully saturated rings. The van der Waals surface area contributed by atoms with Gasteiger partial charge in [0.1, 0.15) is 5.69 Å². The second-order valence-corrected chi connectivity index (χ2v) is 6.13. The van der Waals surface area contributed by atoms with Crippen LogP contribution in [0.2, 0.25) is 5.02 Å². The number of aromatic nitrogens is 2. The Kier molecular flexibility index (Phi) is 5.24. The molecule has 4 nitrogen and oxygen atoms in total.